The van der Waals surface area contributed by atoms with Gasteiger partial charge in [0.2, 0.25) is 0 Å². The highest BCUT2D eigenvalue weighted by Crippen LogP contribution is 2.38. The van der Waals surface area contributed by atoms with E-state index in [0.29, 0.717) is 35.7 Å². The Morgan fingerprint density at radius 2 is 2.18 bits per heavy atom. The largest absolute Gasteiger partial charge is 0.491 e. The van der Waals surface area contributed by atoms with Crippen molar-refractivity contribution in [3.8, 4) is 11.5 Å². The fourth-order valence-electron chi connectivity index (χ4n) is 1.60. The zero-order valence-corrected chi connectivity index (χ0v) is 10.5. The molecule has 5 heteroatoms. The molecule has 0 aliphatic heterocycles. The van der Waals surface area contributed by atoms with Crippen LogP contribution in [0.25, 0.3) is 0 Å². The molecule has 0 saturated heterocycles. The van der Waals surface area contributed by atoms with Crippen LogP contribution in [-0.2, 0) is 11.4 Å². The van der Waals surface area contributed by atoms with Crippen LogP contribution in [0.2, 0.25) is 5.02 Å². The Morgan fingerprint density at radius 1 is 1.41 bits per heavy atom. The van der Waals surface area contributed by atoms with Crippen LogP contribution in [-0.4, -0.2) is 13.7 Å². The van der Waals surface area contributed by atoms with E-state index in [4.69, 9.17) is 27.0 Å². The summed E-state index contributed by atoms with van der Waals surface area (Å²) >= 11 is 6.10. The quantitative estimate of drug-likeness (QED) is 0.796. The zero-order chi connectivity index (χ0) is 12.3. The summed E-state index contributed by atoms with van der Waals surface area (Å²) in [7, 11) is 1.57. The van der Waals surface area contributed by atoms with Gasteiger partial charge < -0.3 is 9.47 Å². The van der Waals surface area contributed by atoms with E-state index in [1.807, 2.05) is 6.07 Å². The summed E-state index contributed by atoms with van der Waals surface area (Å²) in [6, 6.07) is 3.61. The molecule has 0 bridgehead atoms. The summed E-state index contributed by atoms with van der Waals surface area (Å²) in [6.45, 7) is 1.00. The molecule has 4 nitrogen and oxygen atoms in total. The number of methoxy groups -OCH3 is 1. The van der Waals surface area contributed by atoms with E-state index in [1.165, 1.54) is 12.8 Å². The van der Waals surface area contributed by atoms with Gasteiger partial charge in [0.05, 0.1) is 25.3 Å². The lowest BCUT2D eigenvalue weighted by molar-refractivity contribution is 0.123. The Morgan fingerprint density at radius 3 is 2.76 bits per heavy atom. The lowest BCUT2D eigenvalue weighted by Gasteiger charge is -2.13. The highest BCUT2D eigenvalue weighted by molar-refractivity contribution is 6.32. The number of hydrogen-bond donors (Lipinski definition) is 1. The van der Waals surface area contributed by atoms with E-state index in [0.717, 1.165) is 5.56 Å². The molecule has 1 aromatic rings. The third kappa shape index (κ3) is 3.25. The van der Waals surface area contributed by atoms with Crippen LogP contribution < -0.4 is 15.4 Å². The topological polar surface area (TPSA) is 53.7 Å². The summed E-state index contributed by atoms with van der Waals surface area (Å²) < 4.78 is 10.9. The molecular formula is C12H16ClNO3. The summed E-state index contributed by atoms with van der Waals surface area (Å²) in [6.07, 6.45) is 2.48. The molecule has 2 N–H and O–H groups in total. The molecule has 0 spiro atoms. The van der Waals surface area contributed by atoms with E-state index in [9.17, 15) is 0 Å². The molecule has 1 aromatic carbocycles. The summed E-state index contributed by atoms with van der Waals surface area (Å²) in [5.74, 6) is 6.94. The molecule has 0 aromatic heterocycles. The highest BCUT2D eigenvalue weighted by atomic mass is 35.5. The molecule has 0 amide bonds. The minimum atomic E-state index is 0.295. The van der Waals surface area contributed by atoms with Crippen molar-refractivity contribution in [3.63, 3.8) is 0 Å². The van der Waals surface area contributed by atoms with E-state index in [-0.39, 0.29) is 0 Å². The number of halogens is 1. The molecule has 17 heavy (non-hydrogen) atoms. The standard InChI is InChI=1S/C12H16ClNO3/c1-15-12-10(13)4-9(7-17-14)5-11(12)16-6-8-2-3-8/h4-5,8H,2-3,6-7,14H2,1H3. The zero-order valence-electron chi connectivity index (χ0n) is 9.74. The molecule has 0 atom stereocenters. The van der Waals surface area contributed by atoms with Gasteiger partial charge >= 0.3 is 0 Å². The van der Waals surface area contributed by atoms with E-state index >= 15 is 0 Å². The summed E-state index contributed by atoms with van der Waals surface area (Å²) in [4.78, 5) is 4.59. The fourth-order valence-corrected chi connectivity index (χ4v) is 1.91. The SMILES string of the molecule is COc1c(Cl)cc(CON)cc1OCC1CC1. The van der Waals surface area contributed by atoms with Crippen molar-refractivity contribution in [1.29, 1.82) is 0 Å². The van der Waals surface area contributed by atoms with Gasteiger partial charge in [-0.05, 0) is 36.5 Å². The summed E-state index contributed by atoms with van der Waals surface area (Å²) in [5, 5.41) is 0.507. The second-order valence-electron chi connectivity index (χ2n) is 4.17. The van der Waals surface area contributed by atoms with Crippen molar-refractivity contribution in [2.45, 2.75) is 19.4 Å². The van der Waals surface area contributed by atoms with Crippen molar-refractivity contribution < 1.29 is 14.3 Å². The van der Waals surface area contributed by atoms with E-state index < -0.39 is 0 Å². The average Bonchev–Trinajstić information content (AvgIpc) is 3.10. The van der Waals surface area contributed by atoms with Crippen LogP contribution in [0, 0.1) is 5.92 Å². The van der Waals surface area contributed by atoms with Gasteiger partial charge in [-0.2, -0.15) is 0 Å². The van der Waals surface area contributed by atoms with Crippen molar-refractivity contribution in [3.05, 3.63) is 22.7 Å². The molecule has 2 rings (SSSR count). The van der Waals surface area contributed by atoms with Crippen molar-refractivity contribution in [2.24, 2.45) is 11.8 Å². The monoisotopic (exact) mass is 257 g/mol. The van der Waals surface area contributed by atoms with Crippen LogP contribution in [0.3, 0.4) is 0 Å². The van der Waals surface area contributed by atoms with Gasteiger partial charge in [0.15, 0.2) is 11.5 Å². The van der Waals surface area contributed by atoms with E-state index in [2.05, 4.69) is 4.84 Å². The first-order chi connectivity index (χ1) is 8.24. The van der Waals surface area contributed by atoms with Crippen LogP contribution in [0.1, 0.15) is 18.4 Å². The molecule has 1 aliphatic carbocycles. The highest BCUT2D eigenvalue weighted by Gasteiger charge is 2.23. The molecule has 0 unspecified atom stereocenters. The number of benzene rings is 1. The molecule has 0 radical (unpaired) electrons. The Bertz CT molecular complexity index is 394. The minimum absolute atomic E-state index is 0.295. The van der Waals surface area contributed by atoms with Gasteiger partial charge in [-0.1, -0.05) is 11.6 Å². The van der Waals surface area contributed by atoms with Gasteiger partial charge in [0.25, 0.3) is 0 Å². The predicted octanol–water partition coefficient (Wildman–Crippen LogP) is 2.53. The maximum Gasteiger partial charge on any atom is 0.179 e. The predicted molar refractivity (Wildman–Crippen MR) is 65.2 cm³/mol. The minimum Gasteiger partial charge on any atom is -0.491 e. The van der Waals surface area contributed by atoms with Gasteiger partial charge in [-0.25, -0.2) is 5.90 Å². The van der Waals surface area contributed by atoms with Crippen LogP contribution in [0.15, 0.2) is 12.1 Å². The molecule has 94 valence electrons. The third-order valence-corrected chi connectivity index (χ3v) is 2.98. The van der Waals surface area contributed by atoms with Gasteiger partial charge in [0, 0.05) is 0 Å². The lowest BCUT2D eigenvalue weighted by Crippen LogP contribution is -2.04. The Hall–Kier alpha value is -0.970. The first kappa shape index (κ1) is 12.5. The maximum absolute atomic E-state index is 6.10. The Labute approximate surface area is 106 Å². The first-order valence-electron chi connectivity index (χ1n) is 5.55. The second kappa shape index (κ2) is 5.58. The fraction of sp³-hybridized carbons (Fsp3) is 0.500. The maximum atomic E-state index is 6.10. The molecule has 1 saturated carbocycles. The molecular weight excluding hydrogens is 242 g/mol. The van der Waals surface area contributed by atoms with E-state index in [1.54, 1.807) is 13.2 Å². The van der Waals surface area contributed by atoms with Gasteiger partial charge in [0.1, 0.15) is 0 Å². The second-order valence-corrected chi connectivity index (χ2v) is 4.58. The molecule has 1 fully saturated rings. The van der Waals surface area contributed by atoms with Crippen molar-refractivity contribution in [2.75, 3.05) is 13.7 Å². The number of ether oxygens (including phenoxy) is 2. The summed E-state index contributed by atoms with van der Waals surface area (Å²) in [5.41, 5.74) is 0.865. The third-order valence-electron chi connectivity index (χ3n) is 2.69. The van der Waals surface area contributed by atoms with Crippen molar-refractivity contribution >= 4 is 11.6 Å². The molecule has 1 aliphatic rings. The smallest absolute Gasteiger partial charge is 0.179 e. The Kier molecular flexibility index (Phi) is 4.10. The van der Waals surface area contributed by atoms with Crippen LogP contribution in [0.4, 0.5) is 0 Å². The Balaban J connectivity index is 2.17. The van der Waals surface area contributed by atoms with Gasteiger partial charge in [-0.15, -0.1) is 0 Å². The average molecular weight is 258 g/mol. The molecule has 0 heterocycles. The normalized spacial score (nSPS) is 14.8. The lowest BCUT2D eigenvalue weighted by atomic mass is 10.2. The van der Waals surface area contributed by atoms with Crippen molar-refractivity contribution in [1.82, 2.24) is 0 Å². The van der Waals surface area contributed by atoms with Crippen LogP contribution >= 0.6 is 11.6 Å². The number of rotatable bonds is 6. The number of nitrogens with two attached hydrogens (primary N) is 1. The van der Waals surface area contributed by atoms with Gasteiger partial charge in [-0.3, -0.25) is 4.84 Å². The number of hydrogen-bond acceptors (Lipinski definition) is 4. The van der Waals surface area contributed by atoms with Crippen LogP contribution in [0.5, 0.6) is 11.5 Å². The first-order valence-corrected chi connectivity index (χ1v) is 5.93.